The molecule has 6 heteroatoms. The third-order valence-corrected chi connectivity index (χ3v) is 3.07. The van der Waals surface area contributed by atoms with Crippen molar-refractivity contribution in [3.8, 4) is 0 Å². The molecule has 2 aromatic rings. The van der Waals surface area contributed by atoms with Crippen LogP contribution in [0.15, 0.2) is 35.4 Å². The topological polar surface area (TPSA) is 73.4 Å². The van der Waals surface area contributed by atoms with Gasteiger partial charge in [-0.3, -0.25) is 9.89 Å². The molecule has 1 heterocycles. The van der Waals surface area contributed by atoms with E-state index in [0.29, 0.717) is 5.69 Å². The number of rotatable bonds is 4. The molecule has 1 amide bonds. The Morgan fingerprint density at radius 2 is 1.95 bits per heavy atom. The molecule has 0 saturated carbocycles. The highest BCUT2D eigenvalue weighted by atomic mass is 16.2. The second-order valence-corrected chi connectivity index (χ2v) is 5.02. The maximum absolute atomic E-state index is 11.8. The molecule has 1 aromatic heterocycles. The van der Waals surface area contributed by atoms with Gasteiger partial charge in [0.05, 0.1) is 5.71 Å². The number of nitrogens with one attached hydrogen (secondary N) is 2. The van der Waals surface area contributed by atoms with Crippen LogP contribution in [0.25, 0.3) is 0 Å². The van der Waals surface area contributed by atoms with Crippen LogP contribution in [0.2, 0.25) is 0 Å². The molecule has 6 nitrogen and oxygen atoms in total. The Hall–Kier alpha value is -2.63. The first-order valence-corrected chi connectivity index (χ1v) is 6.62. The number of aryl methyl sites for hydroxylation is 1. The van der Waals surface area contributed by atoms with Gasteiger partial charge in [-0.15, -0.1) is 0 Å². The number of carbonyl (C=O) groups excluding carboxylic acids is 1. The van der Waals surface area contributed by atoms with Gasteiger partial charge in [-0.05, 0) is 37.6 Å². The van der Waals surface area contributed by atoms with E-state index < -0.39 is 0 Å². The van der Waals surface area contributed by atoms with E-state index in [2.05, 4.69) is 20.7 Å². The number of benzene rings is 1. The van der Waals surface area contributed by atoms with Crippen LogP contribution < -0.4 is 10.3 Å². The summed E-state index contributed by atoms with van der Waals surface area (Å²) in [5, 5.41) is 10.7. The van der Waals surface area contributed by atoms with Crippen molar-refractivity contribution in [2.75, 3.05) is 19.0 Å². The molecule has 0 aliphatic rings. The van der Waals surface area contributed by atoms with Crippen molar-refractivity contribution in [2.24, 2.45) is 5.10 Å². The van der Waals surface area contributed by atoms with Gasteiger partial charge in [0.25, 0.3) is 5.91 Å². The molecule has 110 valence electrons. The molecule has 21 heavy (non-hydrogen) atoms. The molecule has 1 aromatic carbocycles. The summed E-state index contributed by atoms with van der Waals surface area (Å²) >= 11 is 0. The standard InChI is InChI=1S/C15H19N5O/c1-10-9-14(18-16-10)15(21)19-17-11(2)12-5-7-13(8-6-12)20(3)4/h5-9H,1-4H3,(H,16,18)(H,19,21). The van der Waals surface area contributed by atoms with E-state index in [1.165, 1.54) is 0 Å². The van der Waals surface area contributed by atoms with Crippen LogP contribution in [0.4, 0.5) is 5.69 Å². The molecule has 0 atom stereocenters. The molecule has 0 unspecified atom stereocenters. The lowest BCUT2D eigenvalue weighted by atomic mass is 10.1. The molecule has 0 aliphatic heterocycles. The van der Waals surface area contributed by atoms with Crippen molar-refractivity contribution >= 4 is 17.3 Å². The number of aromatic nitrogens is 2. The zero-order valence-electron chi connectivity index (χ0n) is 12.6. The van der Waals surface area contributed by atoms with Gasteiger partial charge in [0.15, 0.2) is 5.69 Å². The smallest absolute Gasteiger partial charge is 0.291 e. The van der Waals surface area contributed by atoms with E-state index >= 15 is 0 Å². The molecule has 0 radical (unpaired) electrons. The summed E-state index contributed by atoms with van der Waals surface area (Å²) in [4.78, 5) is 13.9. The van der Waals surface area contributed by atoms with Gasteiger partial charge in [0.1, 0.15) is 0 Å². The number of hydrazone groups is 1. The van der Waals surface area contributed by atoms with Crippen LogP contribution in [0.5, 0.6) is 0 Å². The Labute approximate surface area is 123 Å². The maximum Gasteiger partial charge on any atom is 0.291 e. The summed E-state index contributed by atoms with van der Waals surface area (Å²) in [6.07, 6.45) is 0. The zero-order valence-corrected chi connectivity index (χ0v) is 12.6. The van der Waals surface area contributed by atoms with Crippen molar-refractivity contribution in [2.45, 2.75) is 13.8 Å². The first kappa shape index (κ1) is 14.8. The van der Waals surface area contributed by atoms with Gasteiger partial charge < -0.3 is 4.90 Å². The number of nitrogens with zero attached hydrogens (tertiary/aromatic N) is 3. The minimum absolute atomic E-state index is 0.326. The van der Waals surface area contributed by atoms with E-state index in [1.54, 1.807) is 6.07 Å². The Kier molecular flexibility index (Phi) is 4.37. The Balaban J connectivity index is 2.05. The van der Waals surface area contributed by atoms with Gasteiger partial charge in [-0.2, -0.15) is 10.2 Å². The lowest BCUT2D eigenvalue weighted by molar-refractivity contribution is 0.0950. The van der Waals surface area contributed by atoms with Gasteiger partial charge in [-0.1, -0.05) is 12.1 Å². The molecule has 2 rings (SSSR count). The first-order valence-electron chi connectivity index (χ1n) is 6.62. The molecule has 0 fully saturated rings. The lowest BCUT2D eigenvalue weighted by Crippen LogP contribution is -2.19. The quantitative estimate of drug-likeness (QED) is 0.666. The van der Waals surface area contributed by atoms with Crippen molar-refractivity contribution in [3.05, 3.63) is 47.3 Å². The third-order valence-electron chi connectivity index (χ3n) is 3.07. The highest BCUT2D eigenvalue weighted by Crippen LogP contribution is 2.12. The summed E-state index contributed by atoms with van der Waals surface area (Å²) < 4.78 is 0. The monoisotopic (exact) mass is 285 g/mol. The third kappa shape index (κ3) is 3.68. The normalized spacial score (nSPS) is 11.3. The van der Waals surface area contributed by atoms with Crippen molar-refractivity contribution < 1.29 is 4.79 Å². The second-order valence-electron chi connectivity index (χ2n) is 5.02. The Morgan fingerprint density at radius 1 is 1.29 bits per heavy atom. The fourth-order valence-electron chi connectivity index (χ4n) is 1.79. The molecular weight excluding hydrogens is 266 g/mol. The van der Waals surface area contributed by atoms with Crippen LogP contribution >= 0.6 is 0 Å². The maximum atomic E-state index is 11.8. The summed E-state index contributed by atoms with van der Waals surface area (Å²) in [5.41, 5.74) is 6.47. The minimum atomic E-state index is -0.330. The number of aromatic amines is 1. The summed E-state index contributed by atoms with van der Waals surface area (Å²) in [6.45, 7) is 3.69. The van der Waals surface area contributed by atoms with Crippen LogP contribution in [0.3, 0.4) is 0 Å². The summed E-state index contributed by atoms with van der Waals surface area (Å²) in [6, 6.07) is 9.63. The van der Waals surface area contributed by atoms with E-state index in [0.717, 1.165) is 22.7 Å². The van der Waals surface area contributed by atoms with Crippen LogP contribution in [0.1, 0.15) is 28.7 Å². The second kappa shape index (κ2) is 6.21. The summed E-state index contributed by atoms with van der Waals surface area (Å²) in [7, 11) is 3.98. The SMILES string of the molecule is CC(=NNC(=O)c1cc(C)[nH]n1)c1ccc(N(C)C)cc1. The van der Waals surface area contributed by atoms with Crippen LogP contribution in [-0.4, -0.2) is 35.9 Å². The summed E-state index contributed by atoms with van der Waals surface area (Å²) in [5.74, 6) is -0.330. The average molecular weight is 285 g/mol. The molecule has 0 aliphatic carbocycles. The molecule has 2 N–H and O–H groups in total. The number of carbonyl (C=O) groups is 1. The largest absolute Gasteiger partial charge is 0.378 e. The van der Waals surface area contributed by atoms with E-state index in [1.807, 2.05) is 57.1 Å². The molecule has 0 bridgehead atoms. The fraction of sp³-hybridized carbons (Fsp3) is 0.267. The molecular formula is C15H19N5O. The van der Waals surface area contributed by atoms with Crippen molar-refractivity contribution in [1.82, 2.24) is 15.6 Å². The van der Waals surface area contributed by atoms with E-state index in [4.69, 9.17) is 0 Å². The van der Waals surface area contributed by atoms with E-state index in [-0.39, 0.29) is 5.91 Å². The van der Waals surface area contributed by atoms with Gasteiger partial charge in [-0.25, -0.2) is 5.43 Å². The van der Waals surface area contributed by atoms with E-state index in [9.17, 15) is 4.79 Å². The van der Waals surface area contributed by atoms with Crippen molar-refractivity contribution in [1.29, 1.82) is 0 Å². The number of hydrogen-bond donors (Lipinski definition) is 2. The number of H-pyrrole nitrogens is 1. The Bertz CT molecular complexity index is 655. The first-order chi connectivity index (χ1) is 9.97. The van der Waals surface area contributed by atoms with Crippen LogP contribution in [0, 0.1) is 6.92 Å². The van der Waals surface area contributed by atoms with Crippen molar-refractivity contribution in [3.63, 3.8) is 0 Å². The van der Waals surface area contributed by atoms with Gasteiger partial charge in [0.2, 0.25) is 0 Å². The number of amides is 1. The predicted octanol–water partition coefficient (Wildman–Crippen LogP) is 1.94. The zero-order chi connectivity index (χ0) is 15.4. The molecule has 0 saturated heterocycles. The Morgan fingerprint density at radius 3 is 2.48 bits per heavy atom. The number of hydrogen-bond acceptors (Lipinski definition) is 4. The predicted molar refractivity (Wildman–Crippen MR) is 83.8 cm³/mol. The van der Waals surface area contributed by atoms with Gasteiger partial charge in [0, 0.05) is 25.5 Å². The van der Waals surface area contributed by atoms with Gasteiger partial charge >= 0.3 is 0 Å². The molecule has 0 spiro atoms. The lowest BCUT2D eigenvalue weighted by Gasteiger charge is -2.12. The average Bonchev–Trinajstić information content (AvgIpc) is 2.91. The minimum Gasteiger partial charge on any atom is -0.378 e. The highest BCUT2D eigenvalue weighted by Gasteiger charge is 2.08. The fourth-order valence-corrected chi connectivity index (χ4v) is 1.79. The highest BCUT2D eigenvalue weighted by molar-refractivity contribution is 6.00. The number of anilines is 1. The van der Waals surface area contributed by atoms with Crippen LogP contribution in [-0.2, 0) is 0 Å².